The number of ketones is 1. The van der Waals surface area contributed by atoms with Gasteiger partial charge in [-0.3, -0.25) is 14.5 Å². The van der Waals surface area contributed by atoms with Crippen LogP contribution >= 0.6 is 0 Å². The molecule has 1 saturated heterocycles. The summed E-state index contributed by atoms with van der Waals surface area (Å²) in [5, 5.41) is 10.2. The number of hydrogen-bond acceptors (Lipinski definition) is 9. The van der Waals surface area contributed by atoms with E-state index in [0.717, 1.165) is 39.1 Å². The molecule has 6 rings (SSSR count). The molecule has 0 atom stereocenters. The number of hydrogen-bond donors (Lipinski definition) is 1. The summed E-state index contributed by atoms with van der Waals surface area (Å²) in [5.74, 6) is 1.84. The van der Waals surface area contributed by atoms with Crippen LogP contribution in [0.5, 0.6) is 23.0 Å². The molecule has 2 aromatic carbocycles. The first-order chi connectivity index (χ1) is 18.5. The molecule has 1 fully saturated rings. The third-order valence-electron chi connectivity index (χ3n) is 7.75. The van der Waals surface area contributed by atoms with Crippen molar-refractivity contribution in [1.82, 2.24) is 14.4 Å². The van der Waals surface area contributed by atoms with Gasteiger partial charge in [-0.25, -0.2) is 0 Å². The second-order valence-corrected chi connectivity index (χ2v) is 9.77. The summed E-state index contributed by atoms with van der Waals surface area (Å²) in [5.41, 5.74) is 2.10. The van der Waals surface area contributed by atoms with Crippen molar-refractivity contribution in [1.29, 1.82) is 0 Å². The van der Waals surface area contributed by atoms with Gasteiger partial charge in [0.15, 0.2) is 28.8 Å². The van der Waals surface area contributed by atoms with Gasteiger partial charge in [0.2, 0.25) is 6.79 Å². The molecule has 1 aromatic heterocycles. The van der Waals surface area contributed by atoms with Gasteiger partial charge in [-0.1, -0.05) is 0 Å². The maximum atomic E-state index is 14.0. The van der Waals surface area contributed by atoms with E-state index in [4.69, 9.17) is 18.9 Å². The zero-order valence-corrected chi connectivity index (χ0v) is 21.6. The number of rotatable bonds is 8. The average Bonchev–Trinajstić information content (AvgIpc) is 3.51. The molecule has 3 heterocycles. The van der Waals surface area contributed by atoms with Crippen LogP contribution in [0.25, 0.3) is 22.0 Å². The molecule has 200 valence electrons. The van der Waals surface area contributed by atoms with E-state index in [-0.39, 0.29) is 24.7 Å². The Bertz CT molecular complexity index is 1470. The number of fused-ring (bicyclic) bond motifs is 6. The maximum Gasteiger partial charge on any atom is 0.259 e. The lowest BCUT2D eigenvalue weighted by atomic mass is 10.0. The molecule has 0 radical (unpaired) electrons. The first-order valence-corrected chi connectivity index (χ1v) is 12.9. The molecule has 2 aliphatic heterocycles. The molecule has 0 spiro atoms. The number of benzene rings is 2. The van der Waals surface area contributed by atoms with Gasteiger partial charge >= 0.3 is 0 Å². The topological polar surface area (TPSA) is 103 Å². The van der Waals surface area contributed by atoms with Crippen LogP contribution in [0.4, 0.5) is 0 Å². The Kier molecular flexibility index (Phi) is 6.46. The van der Waals surface area contributed by atoms with Crippen molar-refractivity contribution in [3.8, 4) is 34.3 Å². The zero-order valence-electron chi connectivity index (χ0n) is 21.6. The summed E-state index contributed by atoms with van der Waals surface area (Å²) in [4.78, 5) is 32.4. The van der Waals surface area contributed by atoms with E-state index in [2.05, 4.69) is 9.80 Å². The molecule has 0 amide bonds. The molecule has 0 bridgehead atoms. The lowest BCUT2D eigenvalue weighted by Gasteiger charge is -2.34. The first-order valence-electron chi connectivity index (χ1n) is 12.9. The second-order valence-electron chi connectivity index (χ2n) is 9.77. The van der Waals surface area contributed by atoms with Crippen molar-refractivity contribution < 1.29 is 28.8 Å². The highest BCUT2D eigenvalue weighted by atomic mass is 16.7. The summed E-state index contributed by atoms with van der Waals surface area (Å²) in [6.45, 7) is 5.96. The van der Waals surface area contributed by atoms with Gasteiger partial charge in [-0.15, -0.1) is 0 Å². The van der Waals surface area contributed by atoms with Gasteiger partial charge in [-0.2, -0.15) is 0 Å². The minimum Gasteiger partial charge on any atom is -0.493 e. The lowest BCUT2D eigenvalue weighted by Crippen LogP contribution is -2.47. The Morgan fingerprint density at radius 1 is 0.816 bits per heavy atom. The standard InChI is InChI=1S/C28H31N3O7/c1-35-21-12-17-20(15-22(21)36-2)28(34)31(5-3-4-29-6-8-30(9-7-29)10-11-32)26-18-13-23-24(38-16-37-23)14-19(18)27(33)25(17)26/h12-15,32H,3-11,16H2,1-2H3. The van der Waals surface area contributed by atoms with Gasteiger partial charge in [-0.05, 0) is 37.2 Å². The van der Waals surface area contributed by atoms with Crippen molar-refractivity contribution in [2.45, 2.75) is 13.0 Å². The summed E-state index contributed by atoms with van der Waals surface area (Å²) in [6.07, 6.45) is 0.749. The molecule has 10 heteroatoms. The predicted molar refractivity (Wildman–Crippen MR) is 141 cm³/mol. The fourth-order valence-corrected chi connectivity index (χ4v) is 5.79. The van der Waals surface area contributed by atoms with Crippen LogP contribution in [0.3, 0.4) is 0 Å². The van der Waals surface area contributed by atoms with Crippen molar-refractivity contribution in [3.63, 3.8) is 0 Å². The van der Waals surface area contributed by atoms with Crippen LogP contribution in [0.15, 0.2) is 29.1 Å². The largest absolute Gasteiger partial charge is 0.493 e. The average molecular weight is 522 g/mol. The molecule has 38 heavy (non-hydrogen) atoms. The van der Waals surface area contributed by atoms with E-state index in [0.29, 0.717) is 69.2 Å². The quantitative estimate of drug-likeness (QED) is 0.373. The molecular weight excluding hydrogens is 490 g/mol. The third kappa shape index (κ3) is 4.00. The van der Waals surface area contributed by atoms with Crippen molar-refractivity contribution in [3.05, 3.63) is 45.7 Å². The minimum absolute atomic E-state index is 0.104. The maximum absolute atomic E-state index is 14.0. The van der Waals surface area contributed by atoms with E-state index in [9.17, 15) is 14.7 Å². The summed E-state index contributed by atoms with van der Waals surface area (Å²) >= 11 is 0. The number of aromatic nitrogens is 1. The van der Waals surface area contributed by atoms with Gasteiger partial charge in [0.25, 0.3) is 5.56 Å². The molecule has 3 aliphatic rings. The highest BCUT2D eigenvalue weighted by molar-refractivity contribution is 6.27. The second kappa shape index (κ2) is 9.94. The Balaban J connectivity index is 1.41. The monoisotopic (exact) mass is 521 g/mol. The molecule has 3 aromatic rings. The number of piperazine rings is 1. The number of aliphatic hydroxyl groups is 1. The number of carbonyl (C=O) groups is 1. The number of methoxy groups -OCH3 is 2. The molecule has 0 saturated carbocycles. The highest BCUT2D eigenvalue weighted by Crippen LogP contribution is 2.46. The van der Waals surface area contributed by atoms with E-state index in [1.165, 1.54) is 14.2 Å². The Morgan fingerprint density at radius 3 is 2.05 bits per heavy atom. The van der Waals surface area contributed by atoms with E-state index in [1.54, 1.807) is 22.8 Å². The zero-order chi connectivity index (χ0) is 26.4. The van der Waals surface area contributed by atoms with Crippen molar-refractivity contribution in [2.75, 3.05) is 66.9 Å². The Labute approximate surface area is 219 Å². The normalized spacial score (nSPS) is 16.7. The Morgan fingerprint density at radius 2 is 1.42 bits per heavy atom. The fraction of sp³-hybridized carbons (Fsp3) is 0.429. The smallest absolute Gasteiger partial charge is 0.259 e. The molecule has 0 unspecified atom stereocenters. The van der Waals surface area contributed by atoms with Crippen LogP contribution in [-0.4, -0.2) is 92.1 Å². The van der Waals surface area contributed by atoms with E-state index in [1.807, 2.05) is 6.07 Å². The molecular formula is C28H31N3O7. The van der Waals surface area contributed by atoms with Crippen LogP contribution in [0.2, 0.25) is 0 Å². The van der Waals surface area contributed by atoms with Crippen LogP contribution in [-0.2, 0) is 6.54 Å². The van der Waals surface area contributed by atoms with Crippen LogP contribution in [0, 0.1) is 0 Å². The highest BCUT2D eigenvalue weighted by Gasteiger charge is 2.35. The number of aliphatic hydroxyl groups excluding tert-OH is 1. The van der Waals surface area contributed by atoms with Crippen molar-refractivity contribution >= 4 is 16.6 Å². The molecule has 1 aliphatic carbocycles. The summed E-state index contributed by atoms with van der Waals surface area (Å²) < 4.78 is 23.8. The van der Waals surface area contributed by atoms with E-state index >= 15 is 0 Å². The van der Waals surface area contributed by atoms with Crippen LogP contribution < -0.4 is 24.5 Å². The van der Waals surface area contributed by atoms with Crippen LogP contribution in [0.1, 0.15) is 22.3 Å². The van der Waals surface area contributed by atoms with E-state index < -0.39 is 0 Å². The predicted octanol–water partition coefficient (Wildman–Crippen LogP) is 1.96. The minimum atomic E-state index is -0.175. The fourth-order valence-electron chi connectivity index (χ4n) is 5.79. The van der Waals surface area contributed by atoms with Gasteiger partial charge in [0, 0.05) is 55.8 Å². The number of pyridine rings is 1. The van der Waals surface area contributed by atoms with Gasteiger partial charge in [0.05, 0.1) is 37.5 Å². The van der Waals surface area contributed by atoms with Gasteiger partial charge < -0.3 is 33.5 Å². The molecule has 10 nitrogen and oxygen atoms in total. The number of nitrogens with zero attached hydrogens (tertiary/aromatic N) is 3. The summed E-state index contributed by atoms with van der Waals surface area (Å²) in [6, 6.07) is 6.91. The van der Waals surface area contributed by atoms with Crippen molar-refractivity contribution in [2.24, 2.45) is 0 Å². The number of β-amino-alcohol motifs (C(OH)–C–C–N with tert-alkyl or cyclic N) is 1. The SMILES string of the molecule is COc1cc2c3c(n(CCCN4CCN(CCO)CC4)c(=O)c2cc1OC)-c1cc2c(cc1C3=O)OCO2. The van der Waals surface area contributed by atoms with Gasteiger partial charge in [0.1, 0.15) is 0 Å². The summed E-state index contributed by atoms with van der Waals surface area (Å²) in [7, 11) is 3.06. The number of ether oxygens (including phenoxy) is 4. The number of carbonyl (C=O) groups excluding carboxylic acids is 1. The lowest BCUT2D eigenvalue weighted by molar-refractivity contribution is 0.104. The Hall–Kier alpha value is -3.60. The first kappa shape index (κ1) is 24.7. The molecule has 1 N–H and O–H groups in total. The third-order valence-corrected chi connectivity index (χ3v) is 7.75.